The number of hydrogen-bond acceptors (Lipinski definition) is 2. The number of amides is 1. The lowest BCUT2D eigenvalue weighted by molar-refractivity contribution is 0.161. The van der Waals surface area contributed by atoms with Gasteiger partial charge in [0.05, 0.1) is 6.61 Å². The van der Waals surface area contributed by atoms with Crippen LogP contribution < -0.4 is 5.73 Å². The van der Waals surface area contributed by atoms with Crippen LogP contribution in [0.3, 0.4) is 0 Å². The van der Waals surface area contributed by atoms with Crippen LogP contribution in [0.5, 0.6) is 0 Å². The van der Waals surface area contributed by atoms with Crippen LogP contribution in [0.2, 0.25) is 0 Å². The zero-order valence-corrected chi connectivity index (χ0v) is 3.52. The molecule has 0 aliphatic heterocycles. The summed E-state index contributed by atoms with van der Waals surface area (Å²) in [5, 5.41) is 0. The molecule has 0 heterocycles. The average molecular weight is 88.1 g/mol. The lowest BCUT2D eigenvalue weighted by atomic mass is 10.9. The van der Waals surface area contributed by atoms with E-state index in [1.807, 2.05) is 0 Å². The van der Waals surface area contributed by atoms with Gasteiger partial charge in [-0.1, -0.05) is 0 Å². The molecule has 0 saturated carbocycles. The van der Waals surface area contributed by atoms with Crippen molar-refractivity contribution in [2.45, 2.75) is 6.92 Å². The van der Waals surface area contributed by atoms with Crippen LogP contribution in [0.1, 0.15) is 6.92 Å². The maximum absolute atomic E-state index is 9.49. The minimum atomic E-state index is -0.961. The van der Waals surface area contributed by atoms with Crippen molar-refractivity contribution in [2.75, 3.05) is 6.61 Å². The van der Waals surface area contributed by atoms with E-state index < -0.39 is 6.09 Å². The van der Waals surface area contributed by atoms with Gasteiger partial charge in [0, 0.05) is 0 Å². The van der Waals surface area contributed by atoms with Crippen molar-refractivity contribution in [3.8, 4) is 0 Å². The van der Waals surface area contributed by atoms with E-state index in [1.54, 1.807) is 6.92 Å². The molecular weight excluding hydrogens is 82.0 g/mol. The molecule has 0 spiro atoms. The first-order valence-electron chi connectivity index (χ1n) is 1.65. The van der Waals surface area contributed by atoms with Crippen LogP contribution in [0, 0.1) is 0 Å². The first-order chi connectivity index (χ1) is 2.77. The van der Waals surface area contributed by atoms with Crippen LogP contribution in [0.4, 0.5) is 4.79 Å². The molecule has 0 aromatic carbocycles. The fraction of sp³-hybridized carbons (Fsp3) is 0.667. The molecule has 0 fully saturated rings. The number of carbonyl (C=O) groups is 1. The highest BCUT2D eigenvalue weighted by Gasteiger charge is 1.84. The first-order valence-corrected chi connectivity index (χ1v) is 1.65. The molecule has 0 saturated heterocycles. The first kappa shape index (κ1) is 5.27. The van der Waals surface area contributed by atoms with E-state index in [1.165, 1.54) is 0 Å². The number of hydrogen-bond donors (Lipinski definition) is 0. The van der Waals surface area contributed by atoms with Gasteiger partial charge in [-0.05, 0) is 6.92 Å². The third-order valence-corrected chi connectivity index (χ3v) is 0.275. The average Bonchev–Trinajstić information content (AvgIpc) is 1.35. The summed E-state index contributed by atoms with van der Waals surface area (Å²) in [6, 6.07) is 0. The van der Waals surface area contributed by atoms with Gasteiger partial charge in [-0.25, -0.2) is 10.5 Å². The Bertz CT molecular complexity index is 52.8. The summed E-state index contributed by atoms with van der Waals surface area (Å²) < 4.78 is 4.07. The van der Waals surface area contributed by atoms with E-state index in [4.69, 9.17) is 5.73 Å². The molecule has 0 aliphatic carbocycles. The van der Waals surface area contributed by atoms with E-state index >= 15 is 0 Å². The van der Waals surface area contributed by atoms with Gasteiger partial charge >= 0.3 is 6.09 Å². The van der Waals surface area contributed by atoms with Crippen LogP contribution in [-0.2, 0) is 4.74 Å². The summed E-state index contributed by atoms with van der Waals surface area (Å²) in [6.07, 6.45) is -0.961. The number of carbonyl (C=O) groups excluding carboxylic acids is 1. The zero-order valence-electron chi connectivity index (χ0n) is 3.52. The van der Waals surface area contributed by atoms with Gasteiger partial charge in [-0.2, -0.15) is 0 Å². The Labute approximate surface area is 36.1 Å². The lowest BCUT2D eigenvalue weighted by Crippen LogP contribution is -1.99. The molecule has 0 unspecified atom stereocenters. The van der Waals surface area contributed by atoms with Crippen molar-refractivity contribution < 1.29 is 9.53 Å². The molecule has 3 heteroatoms. The zero-order chi connectivity index (χ0) is 4.99. The Morgan fingerprint density at radius 3 is 2.50 bits per heavy atom. The van der Waals surface area contributed by atoms with Gasteiger partial charge in [0.25, 0.3) is 0 Å². The minimum Gasteiger partial charge on any atom is -0.449 e. The highest BCUT2D eigenvalue weighted by Crippen LogP contribution is 1.68. The van der Waals surface area contributed by atoms with Crippen LogP contribution in [0.15, 0.2) is 0 Å². The molecule has 0 aliphatic rings. The third kappa shape index (κ3) is 3.27. The summed E-state index contributed by atoms with van der Waals surface area (Å²) >= 11 is 0. The van der Waals surface area contributed by atoms with Gasteiger partial charge in [0.15, 0.2) is 0 Å². The topological polar surface area (TPSA) is 50.1 Å². The van der Waals surface area contributed by atoms with Gasteiger partial charge < -0.3 is 4.74 Å². The third-order valence-electron chi connectivity index (χ3n) is 0.275. The molecular formula is C3H6NO2. The van der Waals surface area contributed by atoms with Crippen LogP contribution in [-0.4, -0.2) is 12.7 Å². The molecule has 3 nitrogen and oxygen atoms in total. The predicted octanol–water partition coefficient (Wildman–Crippen LogP) is 0.426. The van der Waals surface area contributed by atoms with Crippen molar-refractivity contribution in [3.63, 3.8) is 0 Å². The van der Waals surface area contributed by atoms with Crippen molar-refractivity contribution in [2.24, 2.45) is 0 Å². The molecule has 0 bridgehead atoms. The lowest BCUT2D eigenvalue weighted by Gasteiger charge is -1.87. The largest absolute Gasteiger partial charge is 0.449 e. The number of rotatable bonds is 1. The summed E-state index contributed by atoms with van der Waals surface area (Å²) in [5.41, 5.74) is 6.12. The monoisotopic (exact) mass is 88.0 g/mol. The van der Waals surface area contributed by atoms with Gasteiger partial charge in [-0.15, -0.1) is 0 Å². The van der Waals surface area contributed by atoms with Crippen LogP contribution in [0.25, 0.3) is 0 Å². The maximum atomic E-state index is 9.49. The van der Waals surface area contributed by atoms with E-state index in [-0.39, 0.29) is 0 Å². The standard InChI is InChI=1S/C3H6NO2/c1-2-6-3(4)5/h4H,2H2,1H3. The highest BCUT2D eigenvalue weighted by atomic mass is 16.5. The highest BCUT2D eigenvalue weighted by molar-refractivity contribution is 5.63. The Kier molecular flexibility index (Phi) is 2.20. The molecule has 35 valence electrons. The molecule has 0 atom stereocenters. The molecule has 0 rings (SSSR count). The SMILES string of the molecule is CCOC([NH])=O. The smallest absolute Gasteiger partial charge is 0.426 e. The molecule has 0 aromatic heterocycles. The molecule has 0 aromatic rings. The molecule has 1 amide bonds. The quantitative estimate of drug-likeness (QED) is 0.466. The Balaban J connectivity index is 2.83. The van der Waals surface area contributed by atoms with E-state index in [0.29, 0.717) is 6.61 Å². The Morgan fingerprint density at radius 2 is 2.50 bits per heavy atom. The maximum Gasteiger partial charge on any atom is 0.426 e. The van der Waals surface area contributed by atoms with E-state index in [9.17, 15) is 4.79 Å². The minimum absolute atomic E-state index is 0.294. The fourth-order valence-electron chi connectivity index (χ4n) is 0.131. The second kappa shape index (κ2) is 2.50. The summed E-state index contributed by atoms with van der Waals surface area (Å²) in [5.74, 6) is 0. The van der Waals surface area contributed by atoms with Crippen molar-refractivity contribution in [3.05, 3.63) is 0 Å². The van der Waals surface area contributed by atoms with Gasteiger partial charge in [0.1, 0.15) is 0 Å². The Hall–Kier alpha value is -0.730. The molecule has 1 radical (unpaired) electrons. The summed E-state index contributed by atoms with van der Waals surface area (Å²) in [4.78, 5) is 9.49. The molecule has 1 N–H and O–H groups in total. The second-order valence-corrected chi connectivity index (χ2v) is 0.720. The van der Waals surface area contributed by atoms with Crippen molar-refractivity contribution >= 4 is 6.09 Å². The second-order valence-electron chi connectivity index (χ2n) is 0.720. The fourth-order valence-corrected chi connectivity index (χ4v) is 0.131. The van der Waals surface area contributed by atoms with Gasteiger partial charge in [-0.3, -0.25) is 0 Å². The Morgan fingerprint density at radius 1 is 2.00 bits per heavy atom. The van der Waals surface area contributed by atoms with Crippen molar-refractivity contribution in [1.82, 2.24) is 5.73 Å². The van der Waals surface area contributed by atoms with Crippen molar-refractivity contribution in [1.29, 1.82) is 0 Å². The number of nitrogens with one attached hydrogen (secondary N) is 1. The predicted molar refractivity (Wildman–Crippen MR) is 20.1 cm³/mol. The van der Waals surface area contributed by atoms with Crippen LogP contribution >= 0.6 is 0 Å². The molecule has 6 heavy (non-hydrogen) atoms. The van der Waals surface area contributed by atoms with E-state index in [0.717, 1.165) is 0 Å². The van der Waals surface area contributed by atoms with E-state index in [2.05, 4.69) is 4.74 Å². The normalized spacial score (nSPS) is 7.50. The summed E-state index contributed by atoms with van der Waals surface area (Å²) in [6.45, 7) is 1.95. The van der Waals surface area contributed by atoms with Gasteiger partial charge in [0.2, 0.25) is 0 Å². The number of ether oxygens (including phenoxy) is 1. The summed E-state index contributed by atoms with van der Waals surface area (Å²) in [7, 11) is 0.